The number of nitrogens with one attached hydrogen (secondary N) is 2. The molecule has 0 aromatic heterocycles. The maximum atomic E-state index is 11.8. The van der Waals surface area contributed by atoms with Gasteiger partial charge in [0.2, 0.25) is 5.91 Å². The van der Waals surface area contributed by atoms with Crippen molar-refractivity contribution in [3.8, 4) is 0 Å². The normalized spacial score (nSPS) is 29.8. The molecule has 2 saturated heterocycles. The lowest BCUT2D eigenvalue weighted by Crippen LogP contribution is -2.41. The van der Waals surface area contributed by atoms with E-state index in [9.17, 15) is 4.79 Å². The van der Waals surface area contributed by atoms with Crippen LogP contribution in [0.4, 0.5) is 0 Å². The summed E-state index contributed by atoms with van der Waals surface area (Å²) in [7, 11) is 0. The molecule has 2 fully saturated rings. The molecule has 2 N–H and O–H groups in total. The molecule has 0 bridgehead atoms. The van der Waals surface area contributed by atoms with Crippen molar-refractivity contribution in [2.75, 3.05) is 13.1 Å². The summed E-state index contributed by atoms with van der Waals surface area (Å²) in [4.78, 5) is 11.8. The first-order valence-electron chi connectivity index (χ1n) is 5.28. The van der Waals surface area contributed by atoms with Crippen LogP contribution in [-0.4, -0.2) is 25.0 Å². The lowest BCUT2D eigenvalue weighted by Gasteiger charge is -2.30. The van der Waals surface area contributed by atoms with Gasteiger partial charge in [-0.05, 0) is 38.8 Å². The van der Waals surface area contributed by atoms with Gasteiger partial charge >= 0.3 is 0 Å². The number of rotatable bonds is 1. The van der Waals surface area contributed by atoms with Crippen LogP contribution in [0.15, 0.2) is 0 Å². The van der Waals surface area contributed by atoms with E-state index < -0.39 is 0 Å². The van der Waals surface area contributed by atoms with Gasteiger partial charge in [-0.15, -0.1) is 12.4 Å². The number of halogens is 1. The maximum Gasteiger partial charge on any atom is 0.226 e. The van der Waals surface area contributed by atoms with E-state index in [4.69, 9.17) is 0 Å². The quantitative estimate of drug-likeness (QED) is 0.692. The van der Waals surface area contributed by atoms with Gasteiger partial charge in [0.1, 0.15) is 0 Å². The summed E-state index contributed by atoms with van der Waals surface area (Å²) in [5.74, 6) is 0.306. The minimum absolute atomic E-state index is 0. The van der Waals surface area contributed by atoms with Crippen LogP contribution in [0.3, 0.4) is 0 Å². The van der Waals surface area contributed by atoms with Crippen molar-refractivity contribution in [3.05, 3.63) is 0 Å². The van der Waals surface area contributed by atoms with Crippen molar-refractivity contribution in [3.63, 3.8) is 0 Å². The molecule has 0 aromatic rings. The molecule has 0 radical (unpaired) electrons. The molecule has 2 aliphatic heterocycles. The minimum atomic E-state index is -0.00801. The molecule has 3 nitrogen and oxygen atoms in total. The molecule has 1 unspecified atom stereocenters. The first kappa shape index (κ1) is 11.8. The third-order valence-electron chi connectivity index (χ3n) is 3.51. The Morgan fingerprint density at radius 1 is 1.43 bits per heavy atom. The fraction of sp³-hybridized carbons (Fsp3) is 0.900. The van der Waals surface area contributed by atoms with Crippen LogP contribution in [0.25, 0.3) is 0 Å². The van der Waals surface area contributed by atoms with E-state index in [1.54, 1.807) is 0 Å². The summed E-state index contributed by atoms with van der Waals surface area (Å²) >= 11 is 0. The van der Waals surface area contributed by atoms with Crippen LogP contribution in [-0.2, 0) is 4.79 Å². The van der Waals surface area contributed by atoms with Crippen LogP contribution < -0.4 is 10.6 Å². The topological polar surface area (TPSA) is 41.1 Å². The summed E-state index contributed by atoms with van der Waals surface area (Å²) in [6.07, 6.45) is 4.18. The van der Waals surface area contributed by atoms with Gasteiger partial charge in [0.15, 0.2) is 0 Å². The molecular formula is C10H19ClN2O. The van der Waals surface area contributed by atoms with Crippen molar-refractivity contribution in [1.82, 2.24) is 10.6 Å². The molecule has 1 spiro atoms. The smallest absolute Gasteiger partial charge is 0.226 e. The van der Waals surface area contributed by atoms with Gasteiger partial charge in [0, 0.05) is 6.04 Å². The molecule has 0 aliphatic carbocycles. The average Bonchev–Trinajstić information content (AvgIpc) is 2.45. The van der Waals surface area contributed by atoms with Crippen molar-refractivity contribution in [2.24, 2.45) is 5.41 Å². The predicted molar refractivity (Wildman–Crippen MR) is 58.6 cm³/mol. The Balaban J connectivity index is 0.000000980. The van der Waals surface area contributed by atoms with Gasteiger partial charge in [-0.25, -0.2) is 0 Å². The Labute approximate surface area is 91.4 Å². The van der Waals surface area contributed by atoms with Crippen LogP contribution >= 0.6 is 12.4 Å². The first-order valence-corrected chi connectivity index (χ1v) is 5.28. The maximum absolute atomic E-state index is 11.8. The average molecular weight is 219 g/mol. The summed E-state index contributed by atoms with van der Waals surface area (Å²) in [6, 6.07) is 0.436. The number of amides is 1. The summed E-state index contributed by atoms with van der Waals surface area (Å²) in [5, 5.41) is 6.41. The molecule has 2 rings (SSSR count). The minimum Gasteiger partial charge on any atom is -0.353 e. The van der Waals surface area contributed by atoms with Crippen LogP contribution in [0.2, 0.25) is 0 Å². The lowest BCUT2D eigenvalue weighted by atomic mass is 9.76. The van der Waals surface area contributed by atoms with Gasteiger partial charge in [0.25, 0.3) is 0 Å². The monoisotopic (exact) mass is 218 g/mol. The molecule has 4 heteroatoms. The van der Waals surface area contributed by atoms with Gasteiger partial charge in [-0.1, -0.05) is 6.92 Å². The van der Waals surface area contributed by atoms with E-state index in [0.29, 0.717) is 11.9 Å². The van der Waals surface area contributed by atoms with E-state index in [2.05, 4.69) is 17.6 Å². The number of piperidine rings is 1. The Kier molecular flexibility index (Phi) is 3.78. The van der Waals surface area contributed by atoms with Gasteiger partial charge in [-0.3, -0.25) is 4.79 Å². The SMILES string of the molecule is CCC1CC2(CCNCC2)C(=O)N1.Cl. The van der Waals surface area contributed by atoms with Gasteiger partial charge < -0.3 is 10.6 Å². The second-order valence-electron chi connectivity index (χ2n) is 4.31. The van der Waals surface area contributed by atoms with Crippen LogP contribution in [0, 0.1) is 5.41 Å². The zero-order chi connectivity index (χ0) is 9.31. The Morgan fingerprint density at radius 3 is 2.57 bits per heavy atom. The molecule has 2 heterocycles. The third kappa shape index (κ3) is 1.89. The zero-order valence-electron chi connectivity index (χ0n) is 8.64. The highest BCUT2D eigenvalue weighted by atomic mass is 35.5. The third-order valence-corrected chi connectivity index (χ3v) is 3.51. The largest absolute Gasteiger partial charge is 0.353 e. The van der Waals surface area contributed by atoms with Crippen molar-refractivity contribution in [1.29, 1.82) is 0 Å². The molecule has 0 saturated carbocycles. The Morgan fingerprint density at radius 2 is 2.07 bits per heavy atom. The van der Waals surface area contributed by atoms with E-state index in [1.807, 2.05) is 0 Å². The van der Waals surface area contributed by atoms with E-state index in [-0.39, 0.29) is 17.8 Å². The lowest BCUT2D eigenvalue weighted by molar-refractivity contribution is -0.128. The predicted octanol–water partition coefficient (Wildman–Crippen LogP) is 1.08. The number of carbonyl (C=O) groups is 1. The van der Waals surface area contributed by atoms with Crippen molar-refractivity contribution in [2.45, 2.75) is 38.6 Å². The molecule has 1 atom stereocenters. The molecule has 2 aliphatic rings. The summed E-state index contributed by atoms with van der Waals surface area (Å²) < 4.78 is 0. The van der Waals surface area contributed by atoms with Crippen molar-refractivity contribution >= 4 is 18.3 Å². The van der Waals surface area contributed by atoms with E-state index >= 15 is 0 Å². The van der Waals surface area contributed by atoms with Gasteiger partial charge in [-0.2, -0.15) is 0 Å². The van der Waals surface area contributed by atoms with E-state index in [1.165, 1.54) is 0 Å². The number of carbonyl (C=O) groups excluding carboxylic acids is 1. The van der Waals surface area contributed by atoms with Crippen LogP contribution in [0.5, 0.6) is 0 Å². The Hall–Kier alpha value is -0.280. The standard InChI is InChI=1S/C10H18N2O.ClH/c1-2-8-7-10(9(13)12-8)3-5-11-6-4-10;/h8,11H,2-7H2,1H3,(H,12,13);1H. The summed E-state index contributed by atoms with van der Waals surface area (Å²) in [6.45, 7) is 4.15. The highest BCUT2D eigenvalue weighted by Crippen LogP contribution is 2.39. The molecule has 82 valence electrons. The fourth-order valence-electron chi connectivity index (χ4n) is 2.54. The Bertz CT molecular complexity index is 214. The number of hydrogen-bond acceptors (Lipinski definition) is 2. The molecule has 1 amide bonds. The second-order valence-corrected chi connectivity index (χ2v) is 4.31. The summed E-state index contributed by atoms with van der Waals surface area (Å²) in [5.41, 5.74) is -0.00801. The first-order chi connectivity index (χ1) is 6.27. The van der Waals surface area contributed by atoms with E-state index in [0.717, 1.165) is 38.8 Å². The molecular weight excluding hydrogens is 200 g/mol. The fourth-order valence-corrected chi connectivity index (χ4v) is 2.54. The zero-order valence-corrected chi connectivity index (χ0v) is 9.45. The highest BCUT2D eigenvalue weighted by molar-refractivity contribution is 5.85. The van der Waals surface area contributed by atoms with Crippen LogP contribution in [0.1, 0.15) is 32.6 Å². The molecule has 14 heavy (non-hydrogen) atoms. The van der Waals surface area contributed by atoms with Gasteiger partial charge in [0.05, 0.1) is 5.41 Å². The number of hydrogen-bond donors (Lipinski definition) is 2. The van der Waals surface area contributed by atoms with Crippen molar-refractivity contribution < 1.29 is 4.79 Å². The molecule has 0 aromatic carbocycles. The highest BCUT2D eigenvalue weighted by Gasteiger charge is 2.46. The second kappa shape index (κ2) is 4.49.